The zero-order chi connectivity index (χ0) is 9.10. The normalized spacial score (nSPS) is 31.5. The molecule has 1 aliphatic heterocycles. The molecular formula is C11H18FN. The number of halogens is 1. The van der Waals surface area contributed by atoms with Gasteiger partial charge in [-0.3, -0.25) is 0 Å². The number of hydrogen-bond donors (Lipinski definition) is 1. The molecule has 0 radical (unpaired) electrons. The van der Waals surface area contributed by atoms with Crippen molar-refractivity contribution in [3.8, 4) is 0 Å². The van der Waals surface area contributed by atoms with Crippen LogP contribution in [0.5, 0.6) is 0 Å². The summed E-state index contributed by atoms with van der Waals surface area (Å²) in [5.74, 6) is 0.758. The Morgan fingerprint density at radius 3 is 2.62 bits per heavy atom. The molecule has 1 unspecified atom stereocenters. The van der Waals surface area contributed by atoms with Crippen LogP contribution in [0.2, 0.25) is 0 Å². The highest BCUT2D eigenvalue weighted by molar-refractivity contribution is 5.11. The lowest BCUT2D eigenvalue weighted by Gasteiger charge is -2.28. The van der Waals surface area contributed by atoms with Crippen LogP contribution in [0.3, 0.4) is 0 Å². The summed E-state index contributed by atoms with van der Waals surface area (Å²) < 4.78 is 12.9. The quantitative estimate of drug-likeness (QED) is 0.616. The summed E-state index contributed by atoms with van der Waals surface area (Å²) in [6, 6.07) is 0. The van der Waals surface area contributed by atoms with Gasteiger partial charge in [0, 0.05) is 0 Å². The SMILES string of the molecule is FC1CC=C(C2CCNCC2)CC1. The Balaban J connectivity index is 1.92. The Morgan fingerprint density at radius 2 is 2.00 bits per heavy atom. The third-order valence-corrected chi connectivity index (χ3v) is 3.25. The van der Waals surface area contributed by atoms with E-state index in [4.69, 9.17) is 0 Å². The first-order valence-electron chi connectivity index (χ1n) is 5.40. The Hall–Kier alpha value is -0.370. The van der Waals surface area contributed by atoms with Crippen LogP contribution in [0, 0.1) is 5.92 Å². The average molecular weight is 183 g/mol. The van der Waals surface area contributed by atoms with E-state index >= 15 is 0 Å². The second-order valence-electron chi connectivity index (χ2n) is 4.17. The molecule has 0 bridgehead atoms. The molecule has 1 heterocycles. The van der Waals surface area contributed by atoms with E-state index in [-0.39, 0.29) is 0 Å². The molecule has 74 valence electrons. The molecule has 1 N–H and O–H groups in total. The maximum Gasteiger partial charge on any atom is 0.104 e. The van der Waals surface area contributed by atoms with Gasteiger partial charge in [-0.15, -0.1) is 0 Å². The van der Waals surface area contributed by atoms with Gasteiger partial charge in [0.05, 0.1) is 0 Å². The van der Waals surface area contributed by atoms with Gasteiger partial charge in [0.25, 0.3) is 0 Å². The summed E-state index contributed by atoms with van der Waals surface area (Å²) in [7, 11) is 0. The van der Waals surface area contributed by atoms with Gasteiger partial charge >= 0.3 is 0 Å². The van der Waals surface area contributed by atoms with Crippen LogP contribution in [0.4, 0.5) is 4.39 Å². The molecule has 2 rings (SSSR count). The highest BCUT2D eigenvalue weighted by Crippen LogP contribution is 2.30. The first kappa shape index (κ1) is 9.20. The van der Waals surface area contributed by atoms with Gasteiger partial charge in [-0.05, 0) is 51.1 Å². The van der Waals surface area contributed by atoms with Crippen LogP contribution in [-0.2, 0) is 0 Å². The lowest BCUT2D eigenvalue weighted by Crippen LogP contribution is -2.29. The minimum Gasteiger partial charge on any atom is -0.317 e. The van der Waals surface area contributed by atoms with Crippen LogP contribution in [-0.4, -0.2) is 19.3 Å². The third-order valence-electron chi connectivity index (χ3n) is 3.25. The average Bonchev–Trinajstić information content (AvgIpc) is 2.20. The van der Waals surface area contributed by atoms with E-state index in [0.29, 0.717) is 6.42 Å². The standard InChI is InChI=1S/C11H18FN/c12-11-3-1-9(2-4-11)10-5-7-13-8-6-10/h1,10-11,13H,2-8H2. The molecule has 0 amide bonds. The second-order valence-corrected chi connectivity index (χ2v) is 4.17. The van der Waals surface area contributed by atoms with Gasteiger partial charge in [0.2, 0.25) is 0 Å². The molecule has 0 spiro atoms. The number of piperidine rings is 1. The lowest BCUT2D eigenvalue weighted by atomic mass is 9.83. The number of rotatable bonds is 1. The van der Waals surface area contributed by atoms with Crippen molar-refractivity contribution < 1.29 is 4.39 Å². The van der Waals surface area contributed by atoms with Crippen molar-refractivity contribution in [1.82, 2.24) is 5.32 Å². The highest BCUT2D eigenvalue weighted by atomic mass is 19.1. The maximum absolute atomic E-state index is 12.9. The van der Waals surface area contributed by atoms with Gasteiger partial charge in [-0.2, -0.15) is 0 Å². The summed E-state index contributed by atoms with van der Waals surface area (Å²) in [5.41, 5.74) is 1.54. The van der Waals surface area contributed by atoms with Gasteiger partial charge in [-0.1, -0.05) is 11.6 Å². The largest absolute Gasteiger partial charge is 0.317 e. The van der Waals surface area contributed by atoms with Gasteiger partial charge in [0.1, 0.15) is 6.17 Å². The van der Waals surface area contributed by atoms with Crippen molar-refractivity contribution in [2.45, 2.75) is 38.3 Å². The van der Waals surface area contributed by atoms with E-state index < -0.39 is 6.17 Å². The second kappa shape index (κ2) is 4.23. The Bertz CT molecular complexity index is 194. The van der Waals surface area contributed by atoms with Crippen molar-refractivity contribution in [3.05, 3.63) is 11.6 Å². The van der Waals surface area contributed by atoms with Crippen LogP contribution >= 0.6 is 0 Å². The number of nitrogens with one attached hydrogen (secondary N) is 1. The van der Waals surface area contributed by atoms with Crippen molar-refractivity contribution in [2.75, 3.05) is 13.1 Å². The van der Waals surface area contributed by atoms with Crippen LogP contribution in [0.15, 0.2) is 11.6 Å². The smallest absolute Gasteiger partial charge is 0.104 e. The van der Waals surface area contributed by atoms with Crippen molar-refractivity contribution in [2.24, 2.45) is 5.92 Å². The van der Waals surface area contributed by atoms with Crippen molar-refractivity contribution in [3.63, 3.8) is 0 Å². The minimum absolute atomic E-state index is 0.564. The molecular weight excluding hydrogens is 165 g/mol. The monoisotopic (exact) mass is 183 g/mol. The summed E-state index contributed by atoms with van der Waals surface area (Å²) >= 11 is 0. The molecule has 1 nitrogen and oxygen atoms in total. The van der Waals surface area contributed by atoms with E-state index in [1.54, 1.807) is 0 Å². The van der Waals surface area contributed by atoms with E-state index in [0.717, 1.165) is 31.8 Å². The Morgan fingerprint density at radius 1 is 1.23 bits per heavy atom. The Labute approximate surface area is 79.4 Å². The van der Waals surface area contributed by atoms with Crippen LogP contribution in [0.1, 0.15) is 32.1 Å². The first-order chi connectivity index (χ1) is 6.36. The summed E-state index contributed by atoms with van der Waals surface area (Å²) in [6.45, 7) is 2.28. The zero-order valence-corrected chi connectivity index (χ0v) is 8.06. The zero-order valence-electron chi connectivity index (χ0n) is 8.06. The molecule has 0 aromatic rings. The topological polar surface area (TPSA) is 12.0 Å². The molecule has 0 aromatic heterocycles. The van der Waals surface area contributed by atoms with Gasteiger partial charge < -0.3 is 5.32 Å². The molecule has 2 aliphatic rings. The highest BCUT2D eigenvalue weighted by Gasteiger charge is 2.21. The molecule has 1 atom stereocenters. The van der Waals surface area contributed by atoms with E-state index in [9.17, 15) is 4.39 Å². The van der Waals surface area contributed by atoms with Gasteiger partial charge in [-0.25, -0.2) is 4.39 Å². The van der Waals surface area contributed by atoms with Crippen LogP contribution in [0.25, 0.3) is 0 Å². The van der Waals surface area contributed by atoms with Crippen LogP contribution < -0.4 is 5.32 Å². The number of hydrogen-bond acceptors (Lipinski definition) is 1. The fraction of sp³-hybridized carbons (Fsp3) is 0.818. The first-order valence-corrected chi connectivity index (χ1v) is 5.40. The molecule has 1 aliphatic carbocycles. The summed E-state index contributed by atoms with van der Waals surface area (Å²) in [4.78, 5) is 0. The molecule has 13 heavy (non-hydrogen) atoms. The molecule has 2 heteroatoms. The summed E-state index contributed by atoms with van der Waals surface area (Å²) in [6.07, 6.45) is 6.53. The minimum atomic E-state index is -0.564. The fourth-order valence-corrected chi connectivity index (χ4v) is 2.39. The lowest BCUT2D eigenvalue weighted by molar-refractivity contribution is 0.294. The molecule has 1 saturated heterocycles. The predicted molar refractivity (Wildman–Crippen MR) is 52.4 cm³/mol. The van der Waals surface area contributed by atoms with Crippen molar-refractivity contribution in [1.29, 1.82) is 0 Å². The molecule has 0 saturated carbocycles. The van der Waals surface area contributed by atoms with E-state index in [1.165, 1.54) is 18.4 Å². The number of alkyl halides is 1. The van der Waals surface area contributed by atoms with Gasteiger partial charge in [0.15, 0.2) is 0 Å². The molecule has 0 aromatic carbocycles. The van der Waals surface area contributed by atoms with E-state index in [2.05, 4.69) is 11.4 Å². The maximum atomic E-state index is 12.9. The Kier molecular flexibility index (Phi) is 2.99. The van der Waals surface area contributed by atoms with E-state index in [1.807, 2.05) is 0 Å². The van der Waals surface area contributed by atoms with Crippen molar-refractivity contribution >= 4 is 0 Å². The fourth-order valence-electron chi connectivity index (χ4n) is 2.39. The predicted octanol–water partition coefficient (Wildman–Crippen LogP) is 2.43. The number of allylic oxidation sites excluding steroid dienone is 2. The molecule has 1 fully saturated rings. The summed E-state index contributed by atoms with van der Waals surface area (Å²) in [5, 5.41) is 3.36. The third kappa shape index (κ3) is 2.31.